The fourth-order valence-electron chi connectivity index (χ4n) is 0.735. The van der Waals surface area contributed by atoms with Gasteiger partial charge in [-0.05, 0) is 29.3 Å². The highest BCUT2D eigenvalue weighted by molar-refractivity contribution is 8.76. The van der Waals surface area contributed by atoms with Gasteiger partial charge in [0.2, 0.25) is 0 Å². The highest BCUT2D eigenvalue weighted by Crippen LogP contribution is 2.29. The molecular formula is C13H25N3S2. The van der Waals surface area contributed by atoms with Gasteiger partial charge in [-0.3, -0.25) is 5.84 Å². The molecule has 18 heavy (non-hydrogen) atoms. The van der Waals surface area contributed by atoms with E-state index in [2.05, 4.69) is 17.0 Å². The minimum Gasteiger partial charge on any atom is -0.329 e. The van der Waals surface area contributed by atoms with E-state index in [1.165, 1.54) is 0 Å². The van der Waals surface area contributed by atoms with Crippen molar-refractivity contribution < 1.29 is 0 Å². The normalized spacial score (nSPS) is 8.28. The van der Waals surface area contributed by atoms with Crippen LogP contribution in [0.2, 0.25) is 0 Å². The van der Waals surface area contributed by atoms with Gasteiger partial charge in [0.25, 0.3) is 0 Å². The van der Waals surface area contributed by atoms with Crippen molar-refractivity contribution in [3.8, 4) is 0 Å². The summed E-state index contributed by atoms with van der Waals surface area (Å²) >= 11 is 0. The summed E-state index contributed by atoms with van der Waals surface area (Å²) < 4.78 is 0. The van der Waals surface area contributed by atoms with Crippen LogP contribution < -0.4 is 11.3 Å². The molecule has 1 rings (SSSR count). The van der Waals surface area contributed by atoms with Crippen molar-refractivity contribution in [1.29, 1.82) is 0 Å². The standard InChI is InChI=1S/C9H13N3S2.2C2H6/c1-8(12-10)5-7-13-14-9-4-2-3-6-11-9;2*1-2/h2-4,6,12H,1,5,7,10H2;2*1-2H3. The largest absolute Gasteiger partial charge is 0.329 e. The van der Waals surface area contributed by atoms with Crippen LogP contribution >= 0.6 is 21.6 Å². The molecule has 3 N–H and O–H groups in total. The molecule has 0 radical (unpaired) electrons. The number of nitrogens with two attached hydrogens (primary N) is 1. The Morgan fingerprint density at radius 1 is 1.33 bits per heavy atom. The lowest BCUT2D eigenvalue weighted by molar-refractivity contribution is 0.838. The van der Waals surface area contributed by atoms with Crippen molar-refractivity contribution in [3.63, 3.8) is 0 Å². The summed E-state index contributed by atoms with van der Waals surface area (Å²) in [6.07, 6.45) is 2.67. The van der Waals surface area contributed by atoms with Gasteiger partial charge in [0.05, 0.1) is 0 Å². The van der Waals surface area contributed by atoms with Crippen molar-refractivity contribution in [3.05, 3.63) is 36.7 Å². The molecule has 0 saturated heterocycles. The van der Waals surface area contributed by atoms with E-state index < -0.39 is 0 Å². The van der Waals surface area contributed by atoms with Crippen molar-refractivity contribution in [2.24, 2.45) is 5.84 Å². The summed E-state index contributed by atoms with van der Waals surface area (Å²) in [6, 6.07) is 5.89. The minimum absolute atomic E-state index is 0.860. The van der Waals surface area contributed by atoms with Gasteiger partial charge >= 0.3 is 0 Å². The Hall–Kier alpha value is -0.650. The number of allylic oxidation sites excluding steroid dienone is 1. The summed E-state index contributed by atoms with van der Waals surface area (Å²) in [4.78, 5) is 4.19. The lowest BCUT2D eigenvalue weighted by atomic mass is 10.4. The van der Waals surface area contributed by atoms with Crippen LogP contribution in [0.25, 0.3) is 0 Å². The first kappa shape index (κ1) is 19.7. The van der Waals surface area contributed by atoms with Crippen molar-refractivity contribution in [1.82, 2.24) is 10.4 Å². The first-order chi connectivity index (χ1) is 8.83. The number of rotatable bonds is 6. The number of nitrogens with zero attached hydrogens (tertiary/aromatic N) is 1. The summed E-state index contributed by atoms with van der Waals surface area (Å²) in [6.45, 7) is 11.7. The Balaban J connectivity index is 0. The molecule has 1 heterocycles. The number of hydrogen-bond donors (Lipinski definition) is 2. The van der Waals surface area contributed by atoms with Crippen molar-refractivity contribution in [2.75, 3.05) is 5.75 Å². The van der Waals surface area contributed by atoms with Crippen LogP contribution in [-0.2, 0) is 0 Å². The molecule has 0 amide bonds. The highest BCUT2D eigenvalue weighted by Gasteiger charge is 1.95. The molecule has 1 aromatic rings. The van der Waals surface area contributed by atoms with Crippen LogP contribution in [0.1, 0.15) is 34.1 Å². The Bertz CT molecular complexity index is 279. The first-order valence-corrected chi connectivity index (χ1v) is 8.49. The Kier molecular flexibility index (Phi) is 17.9. The molecule has 0 atom stereocenters. The molecule has 1 aromatic heterocycles. The number of hydrazine groups is 1. The second-order valence-corrected chi connectivity index (χ2v) is 5.01. The average molecular weight is 287 g/mol. The second kappa shape index (κ2) is 16.4. The maximum Gasteiger partial charge on any atom is 0.106 e. The molecule has 104 valence electrons. The van der Waals surface area contributed by atoms with Gasteiger partial charge in [0, 0.05) is 17.6 Å². The molecule has 0 aromatic carbocycles. The van der Waals surface area contributed by atoms with E-state index in [4.69, 9.17) is 5.84 Å². The topological polar surface area (TPSA) is 50.9 Å². The van der Waals surface area contributed by atoms with Crippen LogP contribution in [0, 0.1) is 0 Å². The van der Waals surface area contributed by atoms with Crippen LogP contribution in [-0.4, -0.2) is 10.7 Å². The number of hydrogen-bond acceptors (Lipinski definition) is 5. The fraction of sp³-hybridized carbons (Fsp3) is 0.462. The molecule has 5 heteroatoms. The third-order valence-corrected chi connectivity index (χ3v) is 3.74. The molecule has 0 aliphatic carbocycles. The van der Waals surface area contributed by atoms with Gasteiger partial charge in [-0.2, -0.15) is 0 Å². The van der Waals surface area contributed by atoms with Crippen LogP contribution in [0.3, 0.4) is 0 Å². The predicted molar refractivity (Wildman–Crippen MR) is 86.3 cm³/mol. The smallest absolute Gasteiger partial charge is 0.106 e. The summed E-state index contributed by atoms with van der Waals surface area (Å²) in [5.41, 5.74) is 3.39. The molecule has 3 nitrogen and oxygen atoms in total. The van der Waals surface area contributed by atoms with Crippen LogP contribution in [0.15, 0.2) is 41.7 Å². The van der Waals surface area contributed by atoms with Crippen molar-refractivity contribution in [2.45, 2.75) is 39.1 Å². The third-order valence-electron chi connectivity index (χ3n) is 1.47. The monoisotopic (exact) mass is 287 g/mol. The van der Waals surface area contributed by atoms with E-state index in [0.717, 1.165) is 22.9 Å². The molecule has 0 aliphatic heterocycles. The molecule has 0 bridgehead atoms. The van der Waals surface area contributed by atoms with Gasteiger partial charge in [0.1, 0.15) is 5.03 Å². The zero-order chi connectivity index (χ0) is 14.2. The van der Waals surface area contributed by atoms with E-state index >= 15 is 0 Å². The minimum atomic E-state index is 0.860. The second-order valence-electron chi connectivity index (χ2n) is 2.57. The van der Waals surface area contributed by atoms with Crippen molar-refractivity contribution >= 4 is 21.6 Å². The number of pyridine rings is 1. The summed E-state index contributed by atoms with van der Waals surface area (Å²) in [7, 11) is 3.42. The Morgan fingerprint density at radius 2 is 2.00 bits per heavy atom. The zero-order valence-corrected chi connectivity index (χ0v) is 13.4. The van der Waals surface area contributed by atoms with E-state index in [-0.39, 0.29) is 0 Å². The summed E-state index contributed by atoms with van der Waals surface area (Å²) in [5, 5.41) is 1.03. The molecule has 0 unspecified atom stereocenters. The van der Waals surface area contributed by atoms with E-state index in [9.17, 15) is 0 Å². The lowest BCUT2D eigenvalue weighted by Gasteiger charge is -2.02. The van der Waals surface area contributed by atoms with Crippen LogP contribution in [0.5, 0.6) is 0 Å². The Labute approximate surface area is 119 Å². The van der Waals surface area contributed by atoms with Crippen LogP contribution in [0.4, 0.5) is 0 Å². The predicted octanol–water partition coefficient (Wildman–Crippen LogP) is 4.24. The molecule has 0 fully saturated rings. The lowest BCUT2D eigenvalue weighted by Crippen LogP contribution is -2.20. The van der Waals surface area contributed by atoms with Gasteiger partial charge in [0.15, 0.2) is 0 Å². The zero-order valence-electron chi connectivity index (χ0n) is 11.8. The molecule has 0 aliphatic rings. The number of aromatic nitrogens is 1. The maximum absolute atomic E-state index is 5.19. The van der Waals surface area contributed by atoms with E-state index in [1.807, 2.05) is 45.9 Å². The molecular weight excluding hydrogens is 262 g/mol. The van der Waals surface area contributed by atoms with E-state index in [0.29, 0.717) is 0 Å². The number of nitrogens with one attached hydrogen (secondary N) is 1. The maximum atomic E-state index is 5.19. The Morgan fingerprint density at radius 3 is 2.50 bits per heavy atom. The quantitative estimate of drug-likeness (QED) is 0.355. The van der Waals surface area contributed by atoms with Gasteiger partial charge in [-0.25, -0.2) is 4.98 Å². The molecule has 0 saturated carbocycles. The average Bonchev–Trinajstić information content (AvgIpc) is 2.48. The third kappa shape index (κ3) is 11.8. The summed E-state index contributed by atoms with van der Waals surface area (Å²) in [5.74, 6) is 6.16. The van der Waals surface area contributed by atoms with E-state index in [1.54, 1.807) is 27.8 Å². The van der Waals surface area contributed by atoms with Gasteiger partial charge < -0.3 is 5.43 Å². The SMILES string of the molecule is C=C(CCSSc1ccccn1)NN.CC.CC. The van der Waals surface area contributed by atoms with Gasteiger partial charge in [-0.1, -0.05) is 51.1 Å². The van der Waals surface area contributed by atoms with Gasteiger partial charge in [-0.15, -0.1) is 0 Å². The first-order valence-electron chi connectivity index (χ1n) is 6.18. The highest BCUT2D eigenvalue weighted by atomic mass is 33.1. The molecule has 0 spiro atoms. The fourth-order valence-corrected chi connectivity index (χ4v) is 2.67.